The van der Waals surface area contributed by atoms with E-state index in [9.17, 15) is 9.59 Å². The number of benzene rings is 1. The smallest absolute Gasteiger partial charge is 0.306 e. The molecular weight excluding hydrogens is 254 g/mol. The molecule has 4 heteroatoms. The number of hydrogen-bond donors (Lipinski definition) is 0. The van der Waals surface area contributed by atoms with Gasteiger partial charge in [0.1, 0.15) is 0 Å². The summed E-state index contributed by atoms with van der Waals surface area (Å²) >= 11 is 0. The molecule has 1 aliphatic rings. The molecule has 1 unspecified atom stereocenters. The summed E-state index contributed by atoms with van der Waals surface area (Å²) < 4.78 is 4.58. The number of hydrogen-bond acceptors (Lipinski definition) is 3. The average molecular weight is 275 g/mol. The zero-order valence-electron chi connectivity index (χ0n) is 12.3. The van der Waals surface area contributed by atoms with E-state index in [1.807, 2.05) is 23.1 Å². The van der Waals surface area contributed by atoms with Gasteiger partial charge in [0.15, 0.2) is 0 Å². The van der Waals surface area contributed by atoms with E-state index in [1.54, 1.807) is 0 Å². The molecule has 1 atom stereocenters. The van der Waals surface area contributed by atoms with E-state index < -0.39 is 0 Å². The summed E-state index contributed by atoms with van der Waals surface area (Å²) in [5, 5.41) is 0. The summed E-state index contributed by atoms with van der Waals surface area (Å²) in [7, 11) is 1.34. The number of para-hydroxylation sites is 1. The lowest BCUT2D eigenvalue weighted by Crippen LogP contribution is -2.30. The van der Waals surface area contributed by atoms with Crippen molar-refractivity contribution in [2.75, 3.05) is 18.6 Å². The minimum atomic E-state index is -0.341. The molecule has 20 heavy (non-hydrogen) atoms. The van der Waals surface area contributed by atoms with Gasteiger partial charge in [0.2, 0.25) is 5.91 Å². The number of amides is 1. The van der Waals surface area contributed by atoms with Crippen molar-refractivity contribution in [3.63, 3.8) is 0 Å². The van der Waals surface area contributed by atoms with Crippen LogP contribution >= 0.6 is 0 Å². The lowest BCUT2D eigenvalue weighted by atomic mass is 9.90. The molecule has 2 rings (SSSR count). The molecule has 0 radical (unpaired) electrons. The van der Waals surface area contributed by atoms with Crippen molar-refractivity contribution in [1.82, 2.24) is 0 Å². The van der Waals surface area contributed by atoms with Crippen LogP contribution in [0, 0.1) is 5.92 Å². The molecule has 1 aromatic rings. The van der Waals surface area contributed by atoms with Gasteiger partial charge >= 0.3 is 5.97 Å². The summed E-state index contributed by atoms with van der Waals surface area (Å²) in [5.74, 6) is 0.500. The molecule has 0 aliphatic carbocycles. The number of carbonyl (C=O) groups excluding carboxylic acids is 2. The SMILES string of the molecule is COC(=O)CCC(=O)N1CC(C(C)C)c2ccccc21. The van der Waals surface area contributed by atoms with E-state index in [0.717, 1.165) is 5.69 Å². The molecule has 0 bridgehead atoms. The van der Waals surface area contributed by atoms with Gasteiger partial charge in [-0.05, 0) is 17.5 Å². The van der Waals surface area contributed by atoms with E-state index in [-0.39, 0.29) is 24.7 Å². The molecule has 0 saturated heterocycles. The first-order valence-corrected chi connectivity index (χ1v) is 7.00. The van der Waals surface area contributed by atoms with Crippen molar-refractivity contribution in [1.29, 1.82) is 0 Å². The molecule has 0 spiro atoms. The van der Waals surface area contributed by atoms with Crippen LogP contribution in [-0.4, -0.2) is 25.5 Å². The molecule has 0 saturated carbocycles. The van der Waals surface area contributed by atoms with Crippen molar-refractivity contribution in [2.24, 2.45) is 5.92 Å². The Morgan fingerprint density at radius 2 is 2.00 bits per heavy atom. The van der Waals surface area contributed by atoms with Crippen LogP contribution in [0.25, 0.3) is 0 Å². The number of esters is 1. The number of ether oxygens (including phenoxy) is 1. The highest BCUT2D eigenvalue weighted by Crippen LogP contribution is 2.40. The third-order valence-electron chi connectivity index (χ3n) is 3.88. The van der Waals surface area contributed by atoms with Crippen molar-refractivity contribution in [3.8, 4) is 0 Å². The predicted molar refractivity (Wildman–Crippen MR) is 77.6 cm³/mol. The van der Waals surface area contributed by atoms with E-state index in [1.165, 1.54) is 12.7 Å². The van der Waals surface area contributed by atoms with Crippen LogP contribution in [0.2, 0.25) is 0 Å². The van der Waals surface area contributed by atoms with E-state index in [2.05, 4.69) is 24.7 Å². The maximum atomic E-state index is 12.3. The quantitative estimate of drug-likeness (QED) is 0.794. The lowest BCUT2D eigenvalue weighted by molar-refractivity contribution is -0.141. The summed E-state index contributed by atoms with van der Waals surface area (Å²) in [5.41, 5.74) is 2.22. The highest BCUT2D eigenvalue weighted by atomic mass is 16.5. The summed E-state index contributed by atoms with van der Waals surface area (Å²) in [6.07, 6.45) is 0.339. The number of nitrogens with zero attached hydrogens (tertiary/aromatic N) is 1. The summed E-state index contributed by atoms with van der Waals surface area (Å²) in [6, 6.07) is 8.03. The normalized spacial score (nSPS) is 17.2. The Kier molecular flexibility index (Phi) is 4.42. The van der Waals surface area contributed by atoms with Gasteiger partial charge in [-0.25, -0.2) is 0 Å². The second-order valence-electron chi connectivity index (χ2n) is 5.49. The first kappa shape index (κ1) is 14.6. The Bertz CT molecular complexity index is 510. The first-order chi connectivity index (χ1) is 9.54. The van der Waals surface area contributed by atoms with Crippen LogP contribution in [0.15, 0.2) is 24.3 Å². The van der Waals surface area contributed by atoms with Gasteiger partial charge in [0, 0.05) is 24.6 Å². The zero-order chi connectivity index (χ0) is 14.7. The second-order valence-corrected chi connectivity index (χ2v) is 5.49. The van der Waals surface area contributed by atoms with Crippen molar-refractivity contribution in [2.45, 2.75) is 32.6 Å². The van der Waals surface area contributed by atoms with Gasteiger partial charge < -0.3 is 9.64 Å². The molecule has 0 fully saturated rings. The fourth-order valence-corrected chi connectivity index (χ4v) is 2.69. The van der Waals surface area contributed by atoms with Gasteiger partial charge in [0.05, 0.1) is 13.5 Å². The Balaban J connectivity index is 2.14. The fraction of sp³-hybridized carbons (Fsp3) is 0.500. The molecule has 4 nitrogen and oxygen atoms in total. The lowest BCUT2D eigenvalue weighted by Gasteiger charge is -2.19. The standard InChI is InChI=1S/C16H21NO3/c1-11(2)13-10-17(14-7-5-4-6-12(13)14)15(18)8-9-16(19)20-3/h4-7,11,13H,8-10H2,1-3H3. The van der Waals surface area contributed by atoms with Gasteiger partial charge in [-0.2, -0.15) is 0 Å². The van der Waals surface area contributed by atoms with Crippen molar-refractivity contribution in [3.05, 3.63) is 29.8 Å². The summed E-state index contributed by atoms with van der Waals surface area (Å²) in [6.45, 7) is 5.05. The van der Waals surface area contributed by atoms with Gasteiger partial charge in [0.25, 0.3) is 0 Å². The van der Waals surface area contributed by atoms with Crippen LogP contribution in [0.1, 0.15) is 38.2 Å². The Hall–Kier alpha value is -1.84. The highest BCUT2D eigenvalue weighted by molar-refractivity contribution is 5.97. The maximum Gasteiger partial charge on any atom is 0.306 e. The Morgan fingerprint density at radius 3 is 2.65 bits per heavy atom. The molecule has 1 aromatic carbocycles. The number of rotatable bonds is 4. The minimum Gasteiger partial charge on any atom is -0.469 e. The molecule has 1 amide bonds. The van der Waals surface area contributed by atoms with E-state index in [4.69, 9.17) is 0 Å². The van der Waals surface area contributed by atoms with Crippen molar-refractivity contribution >= 4 is 17.6 Å². The summed E-state index contributed by atoms with van der Waals surface area (Å²) in [4.78, 5) is 25.3. The second kappa shape index (κ2) is 6.07. The van der Waals surface area contributed by atoms with Gasteiger partial charge in [-0.15, -0.1) is 0 Å². The monoisotopic (exact) mass is 275 g/mol. The Labute approximate surface area is 119 Å². The highest BCUT2D eigenvalue weighted by Gasteiger charge is 2.33. The van der Waals surface area contributed by atoms with Gasteiger partial charge in [-0.1, -0.05) is 32.0 Å². The first-order valence-electron chi connectivity index (χ1n) is 7.00. The molecule has 0 N–H and O–H groups in total. The van der Waals surface area contributed by atoms with Crippen LogP contribution in [0.4, 0.5) is 5.69 Å². The largest absolute Gasteiger partial charge is 0.469 e. The predicted octanol–water partition coefficient (Wildman–Crippen LogP) is 2.73. The van der Waals surface area contributed by atoms with Crippen LogP contribution in [-0.2, 0) is 14.3 Å². The van der Waals surface area contributed by atoms with Crippen LogP contribution < -0.4 is 4.90 Å². The molecule has 1 heterocycles. The maximum absolute atomic E-state index is 12.3. The number of fused-ring (bicyclic) bond motifs is 1. The number of carbonyl (C=O) groups is 2. The molecule has 1 aliphatic heterocycles. The van der Waals surface area contributed by atoms with Crippen LogP contribution in [0.5, 0.6) is 0 Å². The third-order valence-corrected chi connectivity index (χ3v) is 3.88. The minimum absolute atomic E-state index is 0.00833. The van der Waals surface area contributed by atoms with Crippen LogP contribution in [0.3, 0.4) is 0 Å². The van der Waals surface area contributed by atoms with Crippen molar-refractivity contribution < 1.29 is 14.3 Å². The fourth-order valence-electron chi connectivity index (χ4n) is 2.69. The molecule has 108 valence electrons. The molecule has 0 aromatic heterocycles. The zero-order valence-corrected chi connectivity index (χ0v) is 12.3. The molecular formula is C16H21NO3. The average Bonchev–Trinajstić information content (AvgIpc) is 2.84. The van der Waals surface area contributed by atoms with Gasteiger partial charge in [-0.3, -0.25) is 9.59 Å². The van der Waals surface area contributed by atoms with E-state index >= 15 is 0 Å². The number of anilines is 1. The third kappa shape index (κ3) is 2.84. The Morgan fingerprint density at radius 1 is 1.30 bits per heavy atom. The topological polar surface area (TPSA) is 46.6 Å². The number of methoxy groups -OCH3 is 1. The van der Waals surface area contributed by atoms with E-state index in [0.29, 0.717) is 18.4 Å².